The topological polar surface area (TPSA) is 99.0 Å². The zero-order valence-corrected chi connectivity index (χ0v) is 13.4. The summed E-state index contributed by atoms with van der Waals surface area (Å²) in [5.74, 6) is -0.664. The van der Waals surface area contributed by atoms with Crippen LogP contribution >= 0.6 is 0 Å². The molecule has 2 rings (SSSR count). The van der Waals surface area contributed by atoms with E-state index in [9.17, 15) is 18.6 Å². The van der Waals surface area contributed by atoms with Crippen LogP contribution in [0.3, 0.4) is 0 Å². The van der Waals surface area contributed by atoms with Gasteiger partial charge in [-0.15, -0.1) is 0 Å². The third-order valence-electron chi connectivity index (χ3n) is 3.19. The van der Waals surface area contributed by atoms with Gasteiger partial charge in [0, 0.05) is 5.56 Å². The van der Waals surface area contributed by atoms with Crippen LogP contribution in [0.5, 0.6) is 11.5 Å². The van der Waals surface area contributed by atoms with Gasteiger partial charge in [0.25, 0.3) is 10.0 Å². The second-order valence-corrected chi connectivity index (χ2v) is 6.62. The average Bonchev–Trinajstić information content (AvgIpc) is 2.52. The maximum Gasteiger partial charge on any atom is 0.276 e. The van der Waals surface area contributed by atoms with Crippen molar-refractivity contribution in [2.75, 3.05) is 0 Å². The summed E-state index contributed by atoms with van der Waals surface area (Å²) in [4.78, 5) is 2.18. The van der Waals surface area contributed by atoms with E-state index in [0.29, 0.717) is 0 Å². The van der Waals surface area contributed by atoms with Crippen LogP contribution < -0.4 is 4.83 Å². The summed E-state index contributed by atoms with van der Waals surface area (Å²) in [6.45, 7) is 2.05. The SMILES string of the molecule is CCCc1ccc(S(=O)(=O)N/N=C\c2cccc(O)c2O)cc1. The van der Waals surface area contributed by atoms with Crippen molar-refractivity contribution in [2.24, 2.45) is 5.10 Å². The molecule has 0 aromatic heterocycles. The summed E-state index contributed by atoms with van der Waals surface area (Å²) in [5.41, 5.74) is 1.27. The molecular formula is C16H18N2O4S. The molecule has 0 fully saturated rings. The van der Waals surface area contributed by atoms with Crippen LogP contribution in [0, 0.1) is 0 Å². The average molecular weight is 334 g/mol. The number of aryl methyl sites for hydroxylation is 1. The van der Waals surface area contributed by atoms with Crippen molar-refractivity contribution in [3.05, 3.63) is 53.6 Å². The lowest BCUT2D eigenvalue weighted by molar-refractivity contribution is 0.403. The molecule has 0 aliphatic rings. The van der Waals surface area contributed by atoms with E-state index in [0.717, 1.165) is 24.6 Å². The maximum atomic E-state index is 12.1. The molecule has 0 spiro atoms. The largest absolute Gasteiger partial charge is 0.504 e. The minimum atomic E-state index is -3.78. The number of aromatic hydroxyl groups is 2. The van der Waals surface area contributed by atoms with E-state index in [1.807, 2.05) is 0 Å². The molecule has 0 aliphatic heterocycles. The number of para-hydroxylation sites is 1. The number of rotatable bonds is 6. The number of hydrogen-bond donors (Lipinski definition) is 3. The van der Waals surface area contributed by atoms with Gasteiger partial charge in [0.15, 0.2) is 11.5 Å². The van der Waals surface area contributed by atoms with Crippen LogP contribution in [0.4, 0.5) is 0 Å². The minimum absolute atomic E-state index is 0.106. The molecule has 2 aromatic rings. The molecule has 0 atom stereocenters. The molecule has 122 valence electrons. The molecule has 0 saturated heterocycles. The maximum absolute atomic E-state index is 12.1. The molecular weight excluding hydrogens is 316 g/mol. The van der Waals surface area contributed by atoms with Gasteiger partial charge in [0.1, 0.15) is 0 Å². The number of phenols is 2. The second-order valence-electron chi connectivity index (χ2n) is 4.96. The Morgan fingerprint density at radius 2 is 1.83 bits per heavy atom. The molecule has 7 heteroatoms. The van der Waals surface area contributed by atoms with Crippen molar-refractivity contribution in [3.63, 3.8) is 0 Å². The molecule has 0 saturated carbocycles. The summed E-state index contributed by atoms with van der Waals surface area (Å²) in [6, 6.07) is 10.9. The van der Waals surface area contributed by atoms with Crippen LogP contribution in [0.15, 0.2) is 52.5 Å². The van der Waals surface area contributed by atoms with Crippen molar-refractivity contribution in [3.8, 4) is 11.5 Å². The second kappa shape index (κ2) is 7.15. The Labute approximate surface area is 135 Å². The predicted molar refractivity (Wildman–Crippen MR) is 88.1 cm³/mol. The fourth-order valence-electron chi connectivity index (χ4n) is 1.99. The molecule has 0 aliphatic carbocycles. The van der Waals surface area contributed by atoms with Gasteiger partial charge in [0.05, 0.1) is 11.1 Å². The summed E-state index contributed by atoms with van der Waals surface area (Å²) in [6.07, 6.45) is 3.00. The molecule has 2 aromatic carbocycles. The highest BCUT2D eigenvalue weighted by Gasteiger charge is 2.12. The van der Waals surface area contributed by atoms with E-state index in [-0.39, 0.29) is 22.0 Å². The van der Waals surface area contributed by atoms with Crippen molar-refractivity contribution in [1.82, 2.24) is 4.83 Å². The Morgan fingerprint density at radius 1 is 1.13 bits per heavy atom. The van der Waals surface area contributed by atoms with Gasteiger partial charge in [-0.1, -0.05) is 31.5 Å². The van der Waals surface area contributed by atoms with Crippen molar-refractivity contribution in [2.45, 2.75) is 24.7 Å². The summed E-state index contributed by atoms with van der Waals surface area (Å²) in [7, 11) is -3.78. The monoisotopic (exact) mass is 334 g/mol. The van der Waals surface area contributed by atoms with E-state index >= 15 is 0 Å². The van der Waals surface area contributed by atoms with Gasteiger partial charge >= 0.3 is 0 Å². The highest BCUT2D eigenvalue weighted by molar-refractivity contribution is 7.89. The Morgan fingerprint density at radius 3 is 2.48 bits per heavy atom. The highest BCUT2D eigenvalue weighted by atomic mass is 32.2. The van der Waals surface area contributed by atoms with Crippen LogP contribution in [-0.4, -0.2) is 24.8 Å². The first kappa shape index (κ1) is 16.8. The van der Waals surface area contributed by atoms with Gasteiger partial charge in [0.2, 0.25) is 0 Å². The zero-order valence-electron chi connectivity index (χ0n) is 12.6. The Kier molecular flexibility index (Phi) is 5.23. The summed E-state index contributed by atoms with van der Waals surface area (Å²) < 4.78 is 24.2. The standard InChI is InChI=1S/C16H18N2O4S/c1-2-4-12-7-9-14(10-8-12)23(21,22)18-17-11-13-5-3-6-15(19)16(13)20/h3,5-11,18-20H,2,4H2,1H3/b17-11-. The number of benzene rings is 2. The Bertz CT molecular complexity index is 799. The number of sulfonamides is 1. The Hall–Kier alpha value is -2.54. The molecule has 3 N–H and O–H groups in total. The molecule has 0 heterocycles. The van der Waals surface area contributed by atoms with Gasteiger partial charge in [-0.25, -0.2) is 4.83 Å². The Balaban J connectivity index is 2.12. The zero-order chi connectivity index (χ0) is 16.9. The van der Waals surface area contributed by atoms with Gasteiger partial charge < -0.3 is 10.2 Å². The lowest BCUT2D eigenvalue weighted by Crippen LogP contribution is -2.18. The van der Waals surface area contributed by atoms with Gasteiger partial charge in [-0.2, -0.15) is 13.5 Å². The first-order valence-corrected chi connectivity index (χ1v) is 8.57. The molecule has 0 unspecified atom stereocenters. The van der Waals surface area contributed by atoms with E-state index in [1.54, 1.807) is 12.1 Å². The predicted octanol–water partition coefficient (Wildman–Crippen LogP) is 2.36. The normalized spacial score (nSPS) is 11.7. The van der Waals surface area contributed by atoms with Crippen LogP contribution in [0.2, 0.25) is 0 Å². The molecule has 6 nitrogen and oxygen atoms in total. The van der Waals surface area contributed by atoms with Crippen molar-refractivity contribution < 1.29 is 18.6 Å². The lowest BCUT2D eigenvalue weighted by Gasteiger charge is -2.05. The quantitative estimate of drug-likeness (QED) is 0.429. The fourth-order valence-corrected chi connectivity index (χ4v) is 2.79. The van der Waals surface area contributed by atoms with E-state index < -0.39 is 10.0 Å². The number of nitrogens with one attached hydrogen (secondary N) is 1. The van der Waals surface area contributed by atoms with Crippen molar-refractivity contribution >= 4 is 16.2 Å². The van der Waals surface area contributed by atoms with E-state index in [4.69, 9.17) is 0 Å². The molecule has 23 heavy (non-hydrogen) atoms. The van der Waals surface area contributed by atoms with Gasteiger partial charge in [-0.05, 0) is 36.2 Å². The fraction of sp³-hybridized carbons (Fsp3) is 0.188. The first-order valence-electron chi connectivity index (χ1n) is 7.09. The van der Waals surface area contributed by atoms with Gasteiger partial charge in [-0.3, -0.25) is 0 Å². The number of nitrogens with zero attached hydrogens (tertiary/aromatic N) is 1. The summed E-state index contributed by atoms with van der Waals surface area (Å²) >= 11 is 0. The number of hydrazone groups is 1. The third-order valence-corrected chi connectivity index (χ3v) is 4.43. The van der Waals surface area contributed by atoms with Crippen LogP contribution in [0.25, 0.3) is 0 Å². The van der Waals surface area contributed by atoms with E-state index in [1.165, 1.54) is 30.3 Å². The smallest absolute Gasteiger partial charge is 0.276 e. The minimum Gasteiger partial charge on any atom is -0.504 e. The van der Waals surface area contributed by atoms with Crippen LogP contribution in [0.1, 0.15) is 24.5 Å². The number of hydrogen-bond acceptors (Lipinski definition) is 5. The molecule has 0 amide bonds. The third kappa shape index (κ3) is 4.23. The van der Waals surface area contributed by atoms with E-state index in [2.05, 4.69) is 16.9 Å². The van der Waals surface area contributed by atoms with Crippen LogP contribution in [-0.2, 0) is 16.4 Å². The summed E-state index contributed by atoms with van der Waals surface area (Å²) in [5, 5.41) is 22.6. The molecule has 0 radical (unpaired) electrons. The van der Waals surface area contributed by atoms with Crippen molar-refractivity contribution in [1.29, 1.82) is 0 Å². The lowest BCUT2D eigenvalue weighted by atomic mass is 10.1. The number of phenolic OH excluding ortho intramolecular Hbond substituents is 2. The first-order chi connectivity index (χ1) is 10.9. The molecule has 0 bridgehead atoms. The highest BCUT2D eigenvalue weighted by Crippen LogP contribution is 2.26.